The number of benzene rings is 1. The molecule has 0 fully saturated rings. The van der Waals surface area contributed by atoms with E-state index in [4.69, 9.17) is 33.2 Å². The van der Waals surface area contributed by atoms with Crippen LogP contribution in [0.1, 0.15) is 31.1 Å². The number of carbonyl (C=O) groups excluding carboxylic acids is 3. The van der Waals surface area contributed by atoms with E-state index >= 15 is 0 Å². The van der Waals surface area contributed by atoms with E-state index in [-0.39, 0.29) is 16.5 Å². The van der Waals surface area contributed by atoms with E-state index in [1.807, 2.05) is 6.07 Å². The maximum absolute atomic E-state index is 11.9. The van der Waals surface area contributed by atoms with Crippen LogP contribution < -0.4 is 10.6 Å². The molecule has 1 aromatic rings. The summed E-state index contributed by atoms with van der Waals surface area (Å²) in [6, 6.07) is 6.30. The highest BCUT2D eigenvalue weighted by molar-refractivity contribution is 6.42. The van der Waals surface area contributed by atoms with Gasteiger partial charge in [-0.15, -0.1) is 0 Å². The highest BCUT2D eigenvalue weighted by Gasteiger charge is 2.30. The van der Waals surface area contributed by atoms with Crippen molar-refractivity contribution in [2.75, 3.05) is 13.2 Å². The molecule has 2 amide bonds. The van der Waals surface area contributed by atoms with Gasteiger partial charge in [-0.1, -0.05) is 37.0 Å². The van der Waals surface area contributed by atoms with E-state index in [1.165, 1.54) is 18.2 Å². The second-order valence-electron chi connectivity index (χ2n) is 5.99. The normalized spacial score (nSPS) is 12.7. The molecule has 0 aliphatic rings. The molecule has 7 nitrogen and oxygen atoms in total. The van der Waals surface area contributed by atoms with Gasteiger partial charge in [0.15, 0.2) is 6.61 Å². The Morgan fingerprint density at radius 1 is 1.27 bits per heavy atom. The second kappa shape index (κ2) is 9.41. The number of nitriles is 1. The topological polar surface area (TPSA) is 108 Å². The standard InChI is InChI=1S/C17H19Cl2N3O4/c1-10(2)17(3,9-20)22-14(23)8-26-15(24)7-21-16(25)11-4-5-12(18)13(19)6-11/h4-6,10H,7-8H2,1-3H3,(H,21,25)(H,22,23)/t17-/m1/s1. The summed E-state index contributed by atoms with van der Waals surface area (Å²) < 4.78 is 4.78. The maximum atomic E-state index is 11.9. The monoisotopic (exact) mass is 399 g/mol. The van der Waals surface area contributed by atoms with Gasteiger partial charge in [-0.2, -0.15) is 5.26 Å². The molecule has 0 unspecified atom stereocenters. The predicted octanol–water partition coefficient (Wildman–Crippen LogP) is 2.32. The molecule has 1 atom stereocenters. The van der Waals surface area contributed by atoms with Gasteiger partial charge in [0.05, 0.1) is 16.1 Å². The number of esters is 1. The van der Waals surface area contributed by atoms with Gasteiger partial charge >= 0.3 is 5.97 Å². The third kappa shape index (κ3) is 6.21. The third-order valence-electron chi connectivity index (χ3n) is 3.73. The number of amides is 2. The van der Waals surface area contributed by atoms with Gasteiger partial charge in [0.1, 0.15) is 12.1 Å². The molecule has 0 aliphatic carbocycles. The molecule has 0 saturated heterocycles. The van der Waals surface area contributed by atoms with Crippen LogP contribution >= 0.6 is 23.2 Å². The number of hydrogen-bond donors (Lipinski definition) is 2. The van der Waals surface area contributed by atoms with Crippen LogP contribution in [0.5, 0.6) is 0 Å². The number of carbonyl (C=O) groups is 3. The van der Waals surface area contributed by atoms with Gasteiger partial charge in [0, 0.05) is 5.56 Å². The zero-order valence-electron chi connectivity index (χ0n) is 14.6. The molecule has 0 saturated carbocycles. The molecule has 0 aliphatic heterocycles. The van der Waals surface area contributed by atoms with Crippen LogP contribution in [0.2, 0.25) is 10.0 Å². The molecule has 1 rings (SSSR count). The summed E-state index contributed by atoms with van der Waals surface area (Å²) in [6.45, 7) is 4.18. The lowest BCUT2D eigenvalue weighted by molar-refractivity contribution is -0.147. The summed E-state index contributed by atoms with van der Waals surface area (Å²) in [4.78, 5) is 35.4. The number of ether oxygens (including phenoxy) is 1. The van der Waals surface area contributed by atoms with Crippen LogP contribution in [0.4, 0.5) is 0 Å². The van der Waals surface area contributed by atoms with Crippen molar-refractivity contribution in [1.82, 2.24) is 10.6 Å². The first-order chi connectivity index (χ1) is 12.1. The Morgan fingerprint density at radius 2 is 1.92 bits per heavy atom. The fourth-order valence-electron chi connectivity index (χ4n) is 1.72. The Labute approximate surface area is 161 Å². The van der Waals surface area contributed by atoms with Crippen molar-refractivity contribution < 1.29 is 19.1 Å². The van der Waals surface area contributed by atoms with Crippen molar-refractivity contribution in [2.24, 2.45) is 5.92 Å². The second-order valence-corrected chi connectivity index (χ2v) is 6.80. The van der Waals surface area contributed by atoms with Crippen LogP contribution in [0, 0.1) is 17.2 Å². The van der Waals surface area contributed by atoms with Gasteiger partial charge < -0.3 is 15.4 Å². The Balaban J connectivity index is 2.45. The molecule has 0 spiro atoms. The van der Waals surface area contributed by atoms with Crippen molar-refractivity contribution in [3.63, 3.8) is 0 Å². The van der Waals surface area contributed by atoms with Gasteiger partial charge in [0.2, 0.25) is 0 Å². The lowest BCUT2D eigenvalue weighted by atomic mass is 9.90. The zero-order valence-corrected chi connectivity index (χ0v) is 16.1. The molecule has 0 bridgehead atoms. The van der Waals surface area contributed by atoms with Crippen molar-refractivity contribution in [3.8, 4) is 6.07 Å². The van der Waals surface area contributed by atoms with E-state index < -0.39 is 36.5 Å². The lowest BCUT2D eigenvalue weighted by Gasteiger charge is -2.27. The summed E-state index contributed by atoms with van der Waals surface area (Å²) in [5.41, 5.74) is -0.836. The SMILES string of the molecule is CC(C)[C@@](C)(C#N)NC(=O)COC(=O)CNC(=O)c1ccc(Cl)c(Cl)c1. The van der Waals surface area contributed by atoms with Gasteiger partial charge in [0.25, 0.3) is 11.8 Å². The molecule has 1 aromatic carbocycles. The van der Waals surface area contributed by atoms with Crippen LogP contribution in [-0.4, -0.2) is 36.5 Å². The van der Waals surface area contributed by atoms with Crippen LogP contribution in [0.3, 0.4) is 0 Å². The van der Waals surface area contributed by atoms with Crippen molar-refractivity contribution in [3.05, 3.63) is 33.8 Å². The Bertz CT molecular complexity index is 746. The van der Waals surface area contributed by atoms with E-state index in [0.29, 0.717) is 5.02 Å². The summed E-state index contributed by atoms with van der Waals surface area (Å²) in [7, 11) is 0. The fraction of sp³-hybridized carbons (Fsp3) is 0.412. The minimum Gasteiger partial charge on any atom is -0.454 e. The number of rotatable bonds is 7. The predicted molar refractivity (Wildman–Crippen MR) is 96.8 cm³/mol. The quantitative estimate of drug-likeness (QED) is 0.683. The highest BCUT2D eigenvalue weighted by atomic mass is 35.5. The van der Waals surface area contributed by atoms with Crippen molar-refractivity contribution in [1.29, 1.82) is 5.26 Å². The fourth-order valence-corrected chi connectivity index (χ4v) is 2.01. The highest BCUT2D eigenvalue weighted by Crippen LogP contribution is 2.22. The van der Waals surface area contributed by atoms with Crippen molar-refractivity contribution >= 4 is 41.0 Å². The minimum absolute atomic E-state index is 0.127. The largest absolute Gasteiger partial charge is 0.454 e. The molecule has 26 heavy (non-hydrogen) atoms. The number of halogens is 2. The smallest absolute Gasteiger partial charge is 0.325 e. The van der Waals surface area contributed by atoms with Gasteiger partial charge in [-0.3, -0.25) is 14.4 Å². The third-order valence-corrected chi connectivity index (χ3v) is 4.46. The average molecular weight is 400 g/mol. The van der Waals surface area contributed by atoms with E-state index in [2.05, 4.69) is 10.6 Å². The summed E-state index contributed by atoms with van der Waals surface area (Å²) in [6.07, 6.45) is 0. The molecule has 2 N–H and O–H groups in total. The minimum atomic E-state index is -1.06. The molecule has 140 valence electrons. The number of hydrogen-bond acceptors (Lipinski definition) is 5. The van der Waals surface area contributed by atoms with E-state index in [0.717, 1.165) is 0 Å². The first-order valence-electron chi connectivity index (χ1n) is 7.70. The summed E-state index contributed by atoms with van der Waals surface area (Å²) in [5, 5.41) is 14.5. The van der Waals surface area contributed by atoms with Gasteiger partial charge in [-0.05, 0) is 31.0 Å². The van der Waals surface area contributed by atoms with Gasteiger partial charge in [-0.25, -0.2) is 0 Å². The average Bonchev–Trinajstić information content (AvgIpc) is 2.59. The Hall–Kier alpha value is -2.30. The first kappa shape index (κ1) is 21.7. The maximum Gasteiger partial charge on any atom is 0.325 e. The first-order valence-corrected chi connectivity index (χ1v) is 8.45. The zero-order chi connectivity index (χ0) is 19.9. The van der Waals surface area contributed by atoms with E-state index in [9.17, 15) is 14.4 Å². The molecular weight excluding hydrogens is 381 g/mol. The molecule has 0 heterocycles. The molecule has 0 aromatic heterocycles. The molecule has 9 heteroatoms. The van der Waals surface area contributed by atoms with E-state index in [1.54, 1.807) is 20.8 Å². The van der Waals surface area contributed by atoms with Crippen molar-refractivity contribution in [2.45, 2.75) is 26.3 Å². The number of nitrogens with zero attached hydrogens (tertiary/aromatic N) is 1. The Kier molecular flexibility index (Phi) is 7.87. The van der Waals surface area contributed by atoms with Crippen LogP contribution in [0.25, 0.3) is 0 Å². The number of nitrogens with one attached hydrogen (secondary N) is 2. The summed E-state index contributed by atoms with van der Waals surface area (Å²) in [5.74, 6) is -2.07. The molecular formula is C17H19Cl2N3O4. The molecule has 0 radical (unpaired) electrons. The summed E-state index contributed by atoms with van der Waals surface area (Å²) >= 11 is 11.6. The lowest BCUT2D eigenvalue weighted by Crippen LogP contribution is -2.50. The van der Waals surface area contributed by atoms with Crippen LogP contribution in [-0.2, 0) is 14.3 Å². The van der Waals surface area contributed by atoms with Crippen LogP contribution in [0.15, 0.2) is 18.2 Å². The Morgan fingerprint density at radius 3 is 2.46 bits per heavy atom.